The van der Waals surface area contributed by atoms with Gasteiger partial charge in [0.25, 0.3) is 0 Å². The van der Waals surface area contributed by atoms with Crippen molar-refractivity contribution in [2.75, 3.05) is 19.6 Å². The molecule has 0 amide bonds. The third-order valence-corrected chi connectivity index (χ3v) is 5.00. The highest BCUT2D eigenvalue weighted by molar-refractivity contribution is 7.99. The lowest BCUT2D eigenvalue weighted by Crippen LogP contribution is -2.38. The summed E-state index contributed by atoms with van der Waals surface area (Å²) in [7, 11) is 0. The lowest BCUT2D eigenvalue weighted by Gasteiger charge is -2.32. The Balaban J connectivity index is 1.79. The van der Waals surface area contributed by atoms with Gasteiger partial charge in [-0.3, -0.25) is 4.79 Å². The van der Waals surface area contributed by atoms with Gasteiger partial charge in [0.2, 0.25) is 0 Å². The first-order valence-corrected chi connectivity index (χ1v) is 8.27. The molecular weight excluding hydrogens is 284 g/mol. The topological polar surface area (TPSA) is 64.3 Å². The van der Waals surface area contributed by atoms with Crippen molar-refractivity contribution in [2.45, 2.75) is 30.3 Å². The van der Waals surface area contributed by atoms with Gasteiger partial charge in [0.15, 0.2) is 0 Å². The smallest absolute Gasteiger partial charge is 0.304 e. The molecule has 0 aromatic heterocycles. The Hall–Kier alpha value is -1.51. The van der Waals surface area contributed by atoms with Crippen LogP contribution in [0.1, 0.15) is 30.4 Å². The third-order valence-electron chi connectivity index (χ3n) is 3.65. The molecule has 1 fully saturated rings. The molecule has 21 heavy (non-hydrogen) atoms. The van der Waals surface area contributed by atoms with Gasteiger partial charge in [-0.1, -0.05) is 12.1 Å². The number of carboxylic acids is 1. The van der Waals surface area contributed by atoms with Crippen molar-refractivity contribution in [1.82, 2.24) is 4.90 Å². The van der Waals surface area contributed by atoms with E-state index in [4.69, 9.17) is 10.4 Å². The number of hydrogen-bond acceptors (Lipinski definition) is 4. The number of likely N-dealkylation sites (tertiary alicyclic amines) is 1. The Bertz CT molecular complexity index is 527. The molecule has 0 aliphatic carbocycles. The quantitative estimate of drug-likeness (QED) is 0.875. The minimum Gasteiger partial charge on any atom is -0.481 e. The number of piperidine rings is 1. The van der Waals surface area contributed by atoms with Crippen LogP contribution in [-0.4, -0.2) is 40.9 Å². The maximum Gasteiger partial charge on any atom is 0.304 e. The zero-order valence-electron chi connectivity index (χ0n) is 12.0. The minimum atomic E-state index is -0.724. The summed E-state index contributed by atoms with van der Waals surface area (Å²) in [6, 6.07) is 9.91. The predicted octanol–water partition coefficient (Wildman–Crippen LogP) is 2.73. The summed E-state index contributed by atoms with van der Waals surface area (Å²) >= 11 is 1.91. The van der Waals surface area contributed by atoms with Gasteiger partial charge in [-0.2, -0.15) is 17.0 Å². The van der Waals surface area contributed by atoms with Crippen LogP contribution < -0.4 is 0 Å². The van der Waals surface area contributed by atoms with Gasteiger partial charge in [0.1, 0.15) is 0 Å². The van der Waals surface area contributed by atoms with Gasteiger partial charge in [-0.15, -0.1) is 0 Å². The summed E-state index contributed by atoms with van der Waals surface area (Å²) in [5.74, 6) is 0.186. The summed E-state index contributed by atoms with van der Waals surface area (Å²) in [6.45, 7) is 2.63. The molecular formula is C16H20N2O2S. The van der Waals surface area contributed by atoms with Crippen molar-refractivity contribution < 1.29 is 9.90 Å². The summed E-state index contributed by atoms with van der Waals surface area (Å²) < 4.78 is 0. The molecule has 0 saturated carbocycles. The van der Waals surface area contributed by atoms with Crippen LogP contribution in [0.15, 0.2) is 24.3 Å². The normalized spacial score (nSPS) is 19.1. The Morgan fingerprint density at radius 3 is 3.14 bits per heavy atom. The number of benzene rings is 1. The largest absolute Gasteiger partial charge is 0.481 e. The van der Waals surface area contributed by atoms with E-state index < -0.39 is 5.97 Å². The number of nitrogens with zero attached hydrogens (tertiary/aromatic N) is 2. The number of rotatable bonds is 6. The molecule has 1 aromatic carbocycles. The SMILES string of the molecule is N#Cc1cccc(CSC2CCCN(CCC(=O)O)C2)c1. The molecule has 1 saturated heterocycles. The molecule has 1 atom stereocenters. The molecule has 1 heterocycles. The highest BCUT2D eigenvalue weighted by atomic mass is 32.2. The summed E-state index contributed by atoms with van der Waals surface area (Å²) in [6.07, 6.45) is 2.54. The van der Waals surface area contributed by atoms with Crippen LogP contribution in [-0.2, 0) is 10.5 Å². The second-order valence-corrected chi connectivity index (χ2v) is 6.62. The van der Waals surface area contributed by atoms with Crippen molar-refractivity contribution in [2.24, 2.45) is 0 Å². The summed E-state index contributed by atoms with van der Waals surface area (Å²) in [5, 5.41) is 18.2. The van der Waals surface area contributed by atoms with Gasteiger partial charge in [-0.05, 0) is 37.1 Å². The number of aliphatic carboxylic acids is 1. The zero-order valence-corrected chi connectivity index (χ0v) is 12.8. The van der Waals surface area contributed by atoms with Crippen molar-refractivity contribution in [3.63, 3.8) is 0 Å². The Morgan fingerprint density at radius 1 is 1.52 bits per heavy atom. The van der Waals surface area contributed by atoms with Crippen LogP contribution in [0.2, 0.25) is 0 Å². The molecule has 1 unspecified atom stereocenters. The molecule has 4 nitrogen and oxygen atoms in total. The van der Waals surface area contributed by atoms with E-state index in [1.807, 2.05) is 30.0 Å². The van der Waals surface area contributed by atoms with E-state index in [9.17, 15) is 4.79 Å². The van der Waals surface area contributed by atoms with Crippen LogP contribution in [0.3, 0.4) is 0 Å². The minimum absolute atomic E-state index is 0.224. The van der Waals surface area contributed by atoms with E-state index in [2.05, 4.69) is 17.0 Å². The Labute approximate surface area is 129 Å². The van der Waals surface area contributed by atoms with Crippen LogP contribution in [0, 0.1) is 11.3 Å². The van der Waals surface area contributed by atoms with E-state index in [1.54, 1.807) is 0 Å². The van der Waals surface area contributed by atoms with Crippen molar-refractivity contribution in [3.05, 3.63) is 35.4 Å². The fraction of sp³-hybridized carbons (Fsp3) is 0.500. The highest BCUT2D eigenvalue weighted by Gasteiger charge is 2.20. The first-order chi connectivity index (χ1) is 10.2. The molecule has 1 aliphatic rings. The molecule has 0 radical (unpaired) electrons. The van der Waals surface area contributed by atoms with Crippen molar-refractivity contribution in [1.29, 1.82) is 5.26 Å². The van der Waals surface area contributed by atoms with Gasteiger partial charge >= 0.3 is 5.97 Å². The second kappa shape index (κ2) is 8.06. The highest BCUT2D eigenvalue weighted by Crippen LogP contribution is 2.26. The molecule has 5 heteroatoms. The number of carbonyl (C=O) groups is 1. The lowest BCUT2D eigenvalue weighted by atomic mass is 10.1. The summed E-state index contributed by atoms with van der Waals surface area (Å²) in [5.41, 5.74) is 1.89. The number of nitriles is 1. The standard InChI is InChI=1S/C16H20N2O2S/c17-10-13-3-1-4-14(9-13)12-21-15-5-2-7-18(11-15)8-6-16(19)20/h1,3-4,9,15H,2,5-8,11-12H2,(H,19,20). The van der Waals surface area contributed by atoms with E-state index in [0.717, 1.165) is 25.3 Å². The average Bonchev–Trinajstić information content (AvgIpc) is 2.51. The predicted molar refractivity (Wildman–Crippen MR) is 84.2 cm³/mol. The monoisotopic (exact) mass is 304 g/mol. The maximum atomic E-state index is 10.6. The molecule has 0 spiro atoms. The molecule has 112 valence electrons. The van der Waals surface area contributed by atoms with Crippen molar-refractivity contribution >= 4 is 17.7 Å². The Morgan fingerprint density at radius 2 is 2.38 bits per heavy atom. The molecule has 1 aromatic rings. The van der Waals surface area contributed by atoms with Crippen LogP contribution in [0.4, 0.5) is 0 Å². The fourth-order valence-electron chi connectivity index (χ4n) is 2.55. The van der Waals surface area contributed by atoms with E-state index in [0.29, 0.717) is 17.4 Å². The maximum absolute atomic E-state index is 10.6. The van der Waals surface area contributed by atoms with Crippen LogP contribution in [0.5, 0.6) is 0 Å². The molecule has 2 rings (SSSR count). The molecule has 1 N–H and O–H groups in total. The Kier molecular flexibility index (Phi) is 6.09. The van der Waals surface area contributed by atoms with Crippen LogP contribution in [0.25, 0.3) is 0 Å². The number of carboxylic acid groups (broad SMARTS) is 1. The fourth-order valence-corrected chi connectivity index (χ4v) is 3.81. The molecule has 1 aliphatic heterocycles. The van der Waals surface area contributed by atoms with Crippen LogP contribution >= 0.6 is 11.8 Å². The third kappa shape index (κ3) is 5.41. The van der Waals surface area contributed by atoms with Gasteiger partial charge in [-0.25, -0.2) is 0 Å². The van der Waals surface area contributed by atoms with Gasteiger partial charge < -0.3 is 10.0 Å². The number of hydrogen-bond donors (Lipinski definition) is 1. The van der Waals surface area contributed by atoms with Gasteiger partial charge in [0.05, 0.1) is 18.1 Å². The number of thioether (sulfide) groups is 1. The first-order valence-electron chi connectivity index (χ1n) is 7.22. The second-order valence-electron chi connectivity index (χ2n) is 5.33. The average molecular weight is 304 g/mol. The van der Waals surface area contributed by atoms with Gasteiger partial charge in [0, 0.05) is 24.1 Å². The van der Waals surface area contributed by atoms with Crippen molar-refractivity contribution in [3.8, 4) is 6.07 Å². The first kappa shape index (κ1) is 15.9. The van der Waals surface area contributed by atoms with E-state index in [-0.39, 0.29) is 6.42 Å². The summed E-state index contributed by atoms with van der Waals surface area (Å²) in [4.78, 5) is 12.9. The van der Waals surface area contributed by atoms with E-state index in [1.165, 1.54) is 12.0 Å². The zero-order chi connectivity index (χ0) is 15.1. The molecule has 0 bridgehead atoms. The van der Waals surface area contributed by atoms with E-state index >= 15 is 0 Å². The lowest BCUT2D eigenvalue weighted by molar-refractivity contribution is -0.137.